The third kappa shape index (κ3) is 5.68. The number of aryl methyl sites for hydroxylation is 1. The number of hydrogen-bond acceptors (Lipinski definition) is 3. The summed E-state index contributed by atoms with van der Waals surface area (Å²) in [5.41, 5.74) is 1.52. The van der Waals surface area contributed by atoms with Crippen LogP contribution in [-0.2, 0) is 24.1 Å². The van der Waals surface area contributed by atoms with Gasteiger partial charge in [-0.3, -0.25) is 14.4 Å². The molecule has 2 aromatic rings. The number of carbonyl (C=O) groups excluding carboxylic acids is 1. The number of amides is 1. The number of hydrogen-bond donors (Lipinski definition) is 1. The van der Waals surface area contributed by atoms with E-state index < -0.39 is 11.9 Å². The molecule has 168 valence electrons. The van der Waals surface area contributed by atoms with Crippen molar-refractivity contribution in [1.29, 1.82) is 0 Å². The van der Waals surface area contributed by atoms with Gasteiger partial charge in [-0.15, -0.1) is 0 Å². The number of rotatable bonds is 7. The summed E-state index contributed by atoms with van der Waals surface area (Å²) in [5, 5.41) is 6.58. The van der Waals surface area contributed by atoms with Gasteiger partial charge in [-0.2, -0.15) is 18.3 Å². The summed E-state index contributed by atoms with van der Waals surface area (Å²) in [6, 6.07) is 7.77. The molecule has 1 amide bonds. The van der Waals surface area contributed by atoms with E-state index in [1.807, 2.05) is 24.3 Å². The molecule has 0 bridgehead atoms. The fourth-order valence-corrected chi connectivity index (χ4v) is 4.88. The smallest absolute Gasteiger partial charge is 0.326 e. The molecule has 1 aliphatic carbocycles. The first-order chi connectivity index (χ1) is 14.8. The molecule has 0 spiro atoms. The molecule has 0 radical (unpaired) electrons. The zero-order valence-electron chi connectivity index (χ0n) is 17.2. The molecule has 9 heteroatoms. The summed E-state index contributed by atoms with van der Waals surface area (Å²) in [6.07, 6.45) is 1.01. The van der Waals surface area contributed by atoms with E-state index in [1.165, 1.54) is 29.5 Å². The number of piperidine rings is 1. The minimum atomic E-state index is -4.52. The number of nitrogens with one attached hydrogen (secondary N) is 1. The normalized spacial score (nSPS) is 17.7. The Morgan fingerprint density at radius 2 is 1.81 bits per heavy atom. The summed E-state index contributed by atoms with van der Waals surface area (Å²) in [7, 11) is 0. The van der Waals surface area contributed by atoms with E-state index in [4.69, 9.17) is 0 Å². The van der Waals surface area contributed by atoms with E-state index >= 15 is 0 Å². The molecule has 2 fully saturated rings. The molecule has 31 heavy (non-hydrogen) atoms. The number of anilines is 1. The van der Waals surface area contributed by atoms with Crippen molar-refractivity contribution < 1.29 is 18.0 Å². The third-order valence-corrected chi connectivity index (χ3v) is 6.59. The molecule has 0 unspecified atom stereocenters. The van der Waals surface area contributed by atoms with Crippen LogP contribution >= 0.6 is 15.9 Å². The molecule has 1 saturated carbocycles. The zero-order chi connectivity index (χ0) is 22.0. The van der Waals surface area contributed by atoms with Gasteiger partial charge in [0, 0.05) is 24.6 Å². The van der Waals surface area contributed by atoms with Crippen LogP contribution in [0, 0.1) is 0 Å². The van der Waals surface area contributed by atoms with E-state index in [0.29, 0.717) is 11.4 Å². The van der Waals surface area contributed by atoms with Crippen molar-refractivity contribution in [3.63, 3.8) is 0 Å². The number of alkyl halides is 3. The van der Waals surface area contributed by atoms with Gasteiger partial charge in [0.2, 0.25) is 5.91 Å². The Bertz CT molecular complexity index is 916. The van der Waals surface area contributed by atoms with Crippen LogP contribution < -0.4 is 5.32 Å². The lowest BCUT2D eigenvalue weighted by molar-refractivity contribution is -0.142. The predicted octanol–water partition coefficient (Wildman–Crippen LogP) is 5.56. The molecule has 5 nitrogen and oxygen atoms in total. The van der Waals surface area contributed by atoms with E-state index in [2.05, 4.69) is 31.2 Å². The Morgan fingerprint density at radius 1 is 1.13 bits per heavy atom. The second-order valence-electron chi connectivity index (χ2n) is 8.37. The van der Waals surface area contributed by atoms with Crippen molar-refractivity contribution in [1.82, 2.24) is 14.7 Å². The van der Waals surface area contributed by atoms with Crippen LogP contribution in [0.25, 0.3) is 0 Å². The lowest BCUT2D eigenvalue weighted by atomic mass is 10.1. The number of nitrogens with zero attached hydrogens (tertiary/aromatic N) is 3. The Hall–Kier alpha value is -1.87. The number of aromatic nitrogens is 2. The van der Waals surface area contributed by atoms with Gasteiger partial charge >= 0.3 is 6.18 Å². The van der Waals surface area contributed by atoms with Crippen LogP contribution in [0.3, 0.4) is 0 Å². The Morgan fingerprint density at radius 3 is 2.42 bits per heavy atom. The first kappa shape index (κ1) is 22.3. The molecule has 2 heterocycles. The van der Waals surface area contributed by atoms with Crippen LogP contribution in [0.4, 0.5) is 18.9 Å². The molecule has 1 N–H and O–H groups in total. The minimum absolute atomic E-state index is 0.00667. The summed E-state index contributed by atoms with van der Waals surface area (Å²) in [5.74, 6) is -0.167. The fraction of sp³-hybridized carbons (Fsp3) is 0.545. The van der Waals surface area contributed by atoms with Crippen LogP contribution in [0.2, 0.25) is 0 Å². The minimum Gasteiger partial charge on any atom is -0.326 e. The third-order valence-electron chi connectivity index (χ3n) is 5.81. The Balaban J connectivity index is 1.33. The van der Waals surface area contributed by atoms with Crippen molar-refractivity contribution in [2.75, 3.05) is 18.4 Å². The highest BCUT2D eigenvalue weighted by molar-refractivity contribution is 9.10. The average Bonchev–Trinajstić information content (AvgIpc) is 3.50. The first-order valence-corrected chi connectivity index (χ1v) is 11.5. The van der Waals surface area contributed by atoms with Crippen molar-refractivity contribution in [2.24, 2.45) is 0 Å². The van der Waals surface area contributed by atoms with Crippen LogP contribution in [0.1, 0.15) is 61.4 Å². The highest BCUT2D eigenvalue weighted by Gasteiger charge is 2.41. The van der Waals surface area contributed by atoms with Crippen LogP contribution in [-0.4, -0.2) is 33.7 Å². The number of halogens is 4. The maximum atomic E-state index is 13.2. The average molecular weight is 499 g/mol. The highest BCUT2D eigenvalue weighted by atomic mass is 79.9. The Labute approximate surface area is 188 Å². The second-order valence-corrected chi connectivity index (χ2v) is 9.17. The van der Waals surface area contributed by atoms with Crippen molar-refractivity contribution in [3.05, 3.63) is 45.7 Å². The maximum absolute atomic E-state index is 13.2. The SMILES string of the molecule is O=C(CCn1nc(C(F)(F)F)c(Br)c1C1CC1)Nc1ccc(CN2CCCCC2)cc1. The van der Waals surface area contributed by atoms with Crippen molar-refractivity contribution >= 4 is 27.5 Å². The van der Waals surface area contributed by atoms with E-state index in [9.17, 15) is 18.0 Å². The molecular weight excluding hydrogens is 473 g/mol. The molecule has 0 atom stereocenters. The van der Waals surface area contributed by atoms with Gasteiger partial charge in [0.25, 0.3) is 0 Å². The molecular formula is C22H26BrF3N4O. The van der Waals surface area contributed by atoms with Crippen molar-refractivity contribution in [3.8, 4) is 0 Å². The van der Waals surface area contributed by atoms with Gasteiger partial charge in [0.05, 0.1) is 16.7 Å². The maximum Gasteiger partial charge on any atom is 0.436 e. The highest BCUT2D eigenvalue weighted by Crippen LogP contribution is 2.47. The lowest BCUT2D eigenvalue weighted by Gasteiger charge is -2.26. The van der Waals surface area contributed by atoms with E-state index in [-0.39, 0.29) is 29.3 Å². The largest absolute Gasteiger partial charge is 0.436 e. The van der Waals surface area contributed by atoms with Gasteiger partial charge in [-0.1, -0.05) is 18.6 Å². The van der Waals surface area contributed by atoms with Gasteiger partial charge < -0.3 is 5.32 Å². The molecule has 1 aromatic carbocycles. The van der Waals surface area contributed by atoms with Gasteiger partial charge in [-0.05, 0) is 72.4 Å². The van der Waals surface area contributed by atoms with Gasteiger partial charge in [-0.25, -0.2) is 0 Å². The zero-order valence-corrected chi connectivity index (χ0v) is 18.8. The predicted molar refractivity (Wildman–Crippen MR) is 116 cm³/mol. The standard InChI is InChI=1S/C22H26BrF3N4O/c23-19-20(16-6-7-16)30(28-21(19)22(24,25)26)13-10-18(31)27-17-8-4-15(5-9-17)14-29-11-2-1-3-12-29/h4-5,8-9,16H,1-3,6-7,10-14H2,(H,27,31). The van der Waals surface area contributed by atoms with Crippen LogP contribution in [0.15, 0.2) is 28.7 Å². The topological polar surface area (TPSA) is 50.2 Å². The molecule has 1 aromatic heterocycles. The quantitative estimate of drug-likeness (QED) is 0.543. The molecule has 4 rings (SSSR count). The second kappa shape index (κ2) is 9.32. The first-order valence-electron chi connectivity index (χ1n) is 10.8. The number of carbonyl (C=O) groups is 1. The summed E-state index contributed by atoms with van der Waals surface area (Å²) in [4.78, 5) is 14.8. The lowest BCUT2D eigenvalue weighted by Crippen LogP contribution is -2.29. The monoisotopic (exact) mass is 498 g/mol. The number of likely N-dealkylation sites (tertiary alicyclic amines) is 1. The van der Waals surface area contributed by atoms with Gasteiger partial charge in [0.1, 0.15) is 0 Å². The van der Waals surface area contributed by atoms with E-state index in [0.717, 1.165) is 32.5 Å². The summed E-state index contributed by atoms with van der Waals surface area (Å²) in [6.45, 7) is 3.27. The summed E-state index contributed by atoms with van der Waals surface area (Å²) < 4.78 is 41.0. The number of benzene rings is 1. The molecule has 2 aliphatic rings. The Kier molecular flexibility index (Phi) is 6.71. The van der Waals surface area contributed by atoms with Gasteiger partial charge in [0.15, 0.2) is 5.69 Å². The van der Waals surface area contributed by atoms with Crippen LogP contribution in [0.5, 0.6) is 0 Å². The summed E-state index contributed by atoms with van der Waals surface area (Å²) >= 11 is 3.07. The fourth-order valence-electron chi connectivity index (χ4n) is 4.05. The molecule has 1 saturated heterocycles. The van der Waals surface area contributed by atoms with Crippen molar-refractivity contribution in [2.45, 2.75) is 63.7 Å². The van der Waals surface area contributed by atoms with E-state index in [1.54, 1.807) is 0 Å². The molecule has 1 aliphatic heterocycles.